The maximum atomic E-state index is 14.1. The lowest BCUT2D eigenvalue weighted by atomic mass is 10.1. The highest BCUT2D eigenvalue weighted by atomic mass is 32.2. The lowest BCUT2D eigenvalue weighted by Crippen LogP contribution is -2.43. The molecule has 0 bridgehead atoms. The summed E-state index contributed by atoms with van der Waals surface area (Å²) in [5.74, 6) is -1.13. The monoisotopic (exact) mass is 331 g/mol. The topological polar surface area (TPSA) is 72.9 Å². The van der Waals surface area contributed by atoms with Crippen LogP contribution in [0.2, 0.25) is 0 Å². The first-order valence-corrected chi connectivity index (χ1v) is 8.66. The number of halogens is 1. The first-order chi connectivity index (χ1) is 10.3. The van der Waals surface area contributed by atoms with E-state index in [0.717, 1.165) is 25.2 Å². The molecule has 1 atom stereocenters. The standard InChI is InChI=1S/C14H18FNO5S/c1-20-14(17)10-6-7-11(15)12(9-10)16-8-4-3-5-13(16)21-22(2,18)19/h6-7,9,13H,3-5,8H2,1-2H3. The first kappa shape index (κ1) is 16.7. The van der Waals surface area contributed by atoms with Gasteiger partial charge in [-0.3, -0.25) is 0 Å². The average molecular weight is 331 g/mol. The summed E-state index contributed by atoms with van der Waals surface area (Å²) in [4.78, 5) is 13.1. The Hall–Kier alpha value is -1.67. The van der Waals surface area contributed by atoms with Gasteiger partial charge < -0.3 is 9.64 Å². The highest BCUT2D eigenvalue weighted by molar-refractivity contribution is 7.86. The van der Waals surface area contributed by atoms with Crippen molar-refractivity contribution < 1.29 is 26.5 Å². The lowest BCUT2D eigenvalue weighted by Gasteiger charge is -2.36. The minimum absolute atomic E-state index is 0.135. The Kier molecular flexibility index (Phi) is 5.02. The summed E-state index contributed by atoms with van der Waals surface area (Å²) >= 11 is 0. The molecule has 6 nitrogen and oxygen atoms in total. The lowest BCUT2D eigenvalue weighted by molar-refractivity contribution is 0.0600. The Labute approximate surface area is 128 Å². The third-order valence-corrected chi connectivity index (χ3v) is 3.98. The van der Waals surface area contributed by atoms with Gasteiger partial charge in [-0.2, -0.15) is 8.42 Å². The number of hydrogen-bond donors (Lipinski definition) is 0. The summed E-state index contributed by atoms with van der Waals surface area (Å²) in [5, 5.41) is 0. The van der Waals surface area contributed by atoms with Gasteiger partial charge in [-0.15, -0.1) is 0 Å². The molecule has 1 unspecified atom stereocenters. The Morgan fingerprint density at radius 3 is 2.73 bits per heavy atom. The molecule has 2 rings (SSSR count). The molecule has 1 aromatic carbocycles. The summed E-state index contributed by atoms with van der Waals surface area (Å²) in [6, 6.07) is 3.83. The number of anilines is 1. The number of nitrogens with zero attached hydrogens (tertiary/aromatic N) is 1. The van der Waals surface area contributed by atoms with Gasteiger partial charge in [-0.25, -0.2) is 13.4 Å². The fraction of sp³-hybridized carbons (Fsp3) is 0.500. The molecule has 1 fully saturated rings. The molecule has 1 aliphatic heterocycles. The second-order valence-electron chi connectivity index (χ2n) is 5.10. The summed E-state index contributed by atoms with van der Waals surface area (Å²) in [5.41, 5.74) is 0.332. The minimum Gasteiger partial charge on any atom is -0.465 e. The van der Waals surface area contributed by atoms with Crippen molar-refractivity contribution in [3.8, 4) is 0 Å². The van der Waals surface area contributed by atoms with E-state index in [9.17, 15) is 17.6 Å². The molecule has 22 heavy (non-hydrogen) atoms. The highest BCUT2D eigenvalue weighted by Gasteiger charge is 2.29. The van der Waals surface area contributed by atoms with Crippen LogP contribution in [0.4, 0.5) is 10.1 Å². The van der Waals surface area contributed by atoms with Crippen LogP contribution in [0.25, 0.3) is 0 Å². The molecule has 0 amide bonds. The maximum Gasteiger partial charge on any atom is 0.337 e. The van der Waals surface area contributed by atoms with Crippen molar-refractivity contribution in [2.75, 3.05) is 24.8 Å². The number of piperidine rings is 1. The number of carbonyl (C=O) groups is 1. The van der Waals surface area contributed by atoms with Crippen LogP contribution >= 0.6 is 0 Å². The number of ether oxygens (including phenoxy) is 1. The predicted molar refractivity (Wildman–Crippen MR) is 78.7 cm³/mol. The Morgan fingerprint density at radius 2 is 2.09 bits per heavy atom. The van der Waals surface area contributed by atoms with Crippen LogP contribution in [0, 0.1) is 5.82 Å². The maximum absolute atomic E-state index is 14.1. The molecular weight excluding hydrogens is 313 g/mol. The highest BCUT2D eigenvalue weighted by Crippen LogP contribution is 2.29. The fourth-order valence-corrected chi connectivity index (χ4v) is 3.06. The van der Waals surface area contributed by atoms with E-state index in [1.54, 1.807) is 0 Å². The van der Waals surface area contributed by atoms with Crippen LogP contribution in [-0.2, 0) is 19.0 Å². The van der Waals surface area contributed by atoms with Crippen molar-refractivity contribution >= 4 is 21.8 Å². The quantitative estimate of drug-likeness (QED) is 0.620. The van der Waals surface area contributed by atoms with Crippen LogP contribution in [-0.4, -0.2) is 40.5 Å². The Morgan fingerprint density at radius 1 is 1.36 bits per heavy atom. The second-order valence-corrected chi connectivity index (χ2v) is 6.70. The van der Waals surface area contributed by atoms with Crippen LogP contribution in [0.5, 0.6) is 0 Å². The molecule has 0 aromatic heterocycles. The predicted octanol–water partition coefficient (Wildman–Crippen LogP) is 1.90. The molecule has 0 saturated carbocycles. The van der Waals surface area contributed by atoms with Gasteiger partial charge in [0.2, 0.25) is 0 Å². The first-order valence-electron chi connectivity index (χ1n) is 6.84. The molecule has 1 heterocycles. The molecule has 0 N–H and O–H groups in total. The fourth-order valence-electron chi connectivity index (χ4n) is 2.46. The van der Waals surface area contributed by atoms with E-state index in [0.29, 0.717) is 13.0 Å². The molecule has 0 aliphatic carbocycles. The third-order valence-electron chi connectivity index (χ3n) is 3.41. The van der Waals surface area contributed by atoms with E-state index < -0.39 is 28.1 Å². The van der Waals surface area contributed by atoms with E-state index in [1.807, 2.05) is 0 Å². The van der Waals surface area contributed by atoms with Crippen molar-refractivity contribution in [3.05, 3.63) is 29.6 Å². The normalized spacial score (nSPS) is 19.0. The van der Waals surface area contributed by atoms with E-state index in [1.165, 1.54) is 24.1 Å². The summed E-state index contributed by atoms with van der Waals surface area (Å²) in [6.07, 6.45) is 2.22. The molecular formula is C14H18FNO5S. The van der Waals surface area contributed by atoms with Crippen molar-refractivity contribution in [2.24, 2.45) is 0 Å². The van der Waals surface area contributed by atoms with E-state index in [-0.39, 0.29) is 11.3 Å². The number of methoxy groups -OCH3 is 1. The van der Waals surface area contributed by atoms with Crippen LogP contribution < -0.4 is 4.90 Å². The van der Waals surface area contributed by atoms with Crippen LogP contribution in [0.1, 0.15) is 29.6 Å². The van der Waals surface area contributed by atoms with Gasteiger partial charge in [-0.05, 0) is 37.5 Å². The second kappa shape index (κ2) is 6.62. The van der Waals surface area contributed by atoms with Gasteiger partial charge in [0, 0.05) is 6.54 Å². The van der Waals surface area contributed by atoms with Crippen LogP contribution in [0.15, 0.2) is 18.2 Å². The zero-order valence-electron chi connectivity index (χ0n) is 12.4. The van der Waals surface area contributed by atoms with E-state index >= 15 is 0 Å². The van der Waals surface area contributed by atoms with Gasteiger partial charge in [0.25, 0.3) is 10.1 Å². The number of benzene rings is 1. The van der Waals surface area contributed by atoms with Gasteiger partial charge in [0.15, 0.2) is 0 Å². The van der Waals surface area contributed by atoms with Crippen molar-refractivity contribution in [3.63, 3.8) is 0 Å². The Bertz CT molecular complexity index is 661. The zero-order valence-corrected chi connectivity index (χ0v) is 13.2. The molecule has 122 valence electrons. The van der Waals surface area contributed by atoms with Gasteiger partial charge in [0.1, 0.15) is 12.0 Å². The van der Waals surface area contributed by atoms with Gasteiger partial charge >= 0.3 is 5.97 Å². The van der Waals surface area contributed by atoms with E-state index in [4.69, 9.17) is 4.18 Å². The third kappa shape index (κ3) is 3.95. The van der Waals surface area contributed by atoms with E-state index in [2.05, 4.69) is 4.74 Å². The smallest absolute Gasteiger partial charge is 0.337 e. The molecule has 1 saturated heterocycles. The molecule has 0 radical (unpaired) electrons. The molecule has 8 heteroatoms. The number of carbonyl (C=O) groups excluding carboxylic acids is 1. The Balaban J connectivity index is 2.36. The van der Waals surface area contributed by atoms with Gasteiger partial charge in [0.05, 0.1) is 24.6 Å². The number of rotatable bonds is 4. The van der Waals surface area contributed by atoms with Crippen molar-refractivity contribution in [2.45, 2.75) is 25.5 Å². The number of esters is 1. The SMILES string of the molecule is COC(=O)c1ccc(F)c(N2CCCCC2OS(C)(=O)=O)c1. The average Bonchev–Trinajstić information content (AvgIpc) is 2.46. The molecule has 1 aromatic rings. The molecule has 0 spiro atoms. The van der Waals surface area contributed by atoms with Crippen molar-refractivity contribution in [1.82, 2.24) is 0 Å². The molecule has 1 aliphatic rings. The zero-order chi connectivity index (χ0) is 16.3. The summed E-state index contributed by atoms with van der Waals surface area (Å²) in [7, 11) is -2.43. The summed E-state index contributed by atoms with van der Waals surface area (Å²) < 4.78 is 46.5. The summed E-state index contributed by atoms with van der Waals surface area (Å²) in [6.45, 7) is 0.446. The largest absolute Gasteiger partial charge is 0.465 e. The van der Waals surface area contributed by atoms with Crippen LogP contribution in [0.3, 0.4) is 0 Å². The number of hydrogen-bond acceptors (Lipinski definition) is 6. The van der Waals surface area contributed by atoms with Crippen molar-refractivity contribution in [1.29, 1.82) is 0 Å². The minimum atomic E-state index is -3.66. The van der Waals surface area contributed by atoms with Gasteiger partial charge in [-0.1, -0.05) is 0 Å².